The highest BCUT2D eigenvalue weighted by molar-refractivity contribution is 5.81. The summed E-state index contributed by atoms with van der Waals surface area (Å²) in [4.78, 5) is 17.0. The molecule has 162 valence electrons. The molecule has 0 saturated heterocycles. The largest absolute Gasteiger partial charge is 0.497 e. The van der Waals surface area contributed by atoms with Gasteiger partial charge in [-0.2, -0.15) is 4.98 Å². The van der Waals surface area contributed by atoms with Crippen molar-refractivity contribution in [3.8, 4) is 22.9 Å². The van der Waals surface area contributed by atoms with Crippen LogP contribution in [0.2, 0.25) is 0 Å². The summed E-state index contributed by atoms with van der Waals surface area (Å²) in [5.74, 6) is 2.01. The van der Waals surface area contributed by atoms with Crippen molar-refractivity contribution in [3.63, 3.8) is 0 Å². The Balaban J connectivity index is 1.36. The van der Waals surface area contributed by atoms with Crippen LogP contribution in [-0.4, -0.2) is 29.3 Å². The van der Waals surface area contributed by atoms with Crippen molar-refractivity contribution in [1.82, 2.24) is 15.5 Å². The minimum Gasteiger partial charge on any atom is -0.497 e. The van der Waals surface area contributed by atoms with E-state index in [1.165, 1.54) is 24.0 Å². The van der Waals surface area contributed by atoms with Gasteiger partial charge in [0.15, 0.2) is 6.10 Å². The van der Waals surface area contributed by atoms with Crippen LogP contribution in [0.5, 0.6) is 11.5 Å². The van der Waals surface area contributed by atoms with Crippen molar-refractivity contribution in [2.24, 2.45) is 0 Å². The van der Waals surface area contributed by atoms with Crippen LogP contribution in [-0.2, 0) is 24.2 Å². The van der Waals surface area contributed by atoms with E-state index in [2.05, 4.69) is 27.6 Å². The van der Waals surface area contributed by atoms with Crippen molar-refractivity contribution in [1.29, 1.82) is 0 Å². The molecule has 1 aliphatic carbocycles. The van der Waals surface area contributed by atoms with E-state index >= 15 is 0 Å². The Hall–Kier alpha value is -3.35. The summed E-state index contributed by atoms with van der Waals surface area (Å²) < 4.78 is 16.5. The molecule has 0 saturated carbocycles. The maximum atomic E-state index is 12.7. The van der Waals surface area contributed by atoms with Crippen LogP contribution in [0, 0.1) is 0 Å². The lowest BCUT2D eigenvalue weighted by Crippen LogP contribution is -2.37. The molecule has 0 radical (unpaired) electrons. The Morgan fingerprint density at radius 3 is 2.77 bits per heavy atom. The molecular weight excluding hydrogens is 394 g/mol. The molecule has 31 heavy (non-hydrogen) atoms. The molecule has 1 aliphatic rings. The normalized spacial score (nSPS) is 13.9. The number of aromatic nitrogens is 2. The molecule has 7 heteroatoms. The van der Waals surface area contributed by atoms with Crippen molar-refractivity contribution < 1.29 is 18.8 Å². The Morgan fingerprint density at radius 2 is 1.97 bits per heavy atom. The van der Waals surface area contributed by atoms with Gasteiger partial charge < -0.3 is 19.3 Å². The minimum atomic E-state index is -0.581. The molecule has 7 nitrogen and oxygen atoms in total. The number of hydrogen-bond donors (Lipinski definition) is 1. The first kappa shape index (κ1) is 20.9. The van der Waals surface area contributed by atoms with E-state index in [0.717, 1.165) is 24.2 Å². The maximum Gasteiger partial charge on any atom is 0.261 e. The third-order valence-electron chi connectivity index (χ3n) is 5.47. The summed E-state index contributed by atoms with van der Waals surface area (Å²) in [5.41, 5.74) is 3.50. The van der Waals surface area contributed by atoms with Crippen LogP contribution in [0.1, 0.15) is 43.2 Å². The zero-order chi connectivity index (χ0) is 21.6. The van der Waals surface area contributed by atoms with Gasteiger partial charge in [-0.1, -0.05) is 30.3 Å². The zero-order valence-corrected chi connectivity index (χ0v) is 17.9. The monoisotopic (exact) mass is 421 g/mol. The molecule has 2 aromatic carbocycles. The summed E-state index contributed by atoms with van der Waals surface area (Å²) in [6.07, 6.45) is 4.61. The van der Waals surface area contributed by atoms with E-state index in [0.29, 0.717) is 23.9 Å². The maximum absolute atomic E-state index is 12.7. The first-order chi connectivity index (χ1) is 15.2. The van der Waals surface area contributed by atoms with Crippen molar-refractivity contribution in [2.45, 2.75) is 51.7 Å². The lowest BCUT2D eigenvalue weighted by Gasteiger charge is -2.20. The number of nitrogens with one attached hydrogen (secondary N) is 1. The lowest BCUT2D eigenvalue weighted by atomic mass is 9.92. The van der Waals surface area contributed by atoms with Crippen LogP contribution in [0.3, 0.4) is 0 Å². The number of hydrogen-bond acceptors (Lipinski definition) is 6. The molecule has 0 aliphatic heterocycles. The molecule has 1 aromatic heterocycles. The summed E-state index contributed by atoms with van der Waals surface area (Å²) >= 11 is 0. The van der Waals surface area contributed by atoms with Gasteiger partial charge in [0.25, 0.3) is 5.91 Å². The van der Waals surface area contributed by atoms with Crippen LogP contribution in [0.4, 0.5) is 0 Å². The molecule has 1 N–H and O–H groups in total. The van der Waals surface area contributed by atoms with Gasteiger partial charge in [0.05, 0.1) is 13.7 Å². The number of ether oxygens (including phenoxy) is 2. The third-order valence-corrected chi connectivity index (χ3v) is 5.47. The van der Waals surface area contributed by atoms with Crippen LogP contribution in [0.25, 0.3) is 11.4 Å². The standard InChI is InChI=1S/C24H27N3O4/c1-3-21(30-20-12-11-16-7-4-5-8-17(16)13-20)24(28)25-15-22-26-23(27-31-22)18-9-6-10-19(14-18)29-2/h6,9-14,21H,3-5,7-8,15H2,1-2H3,(H,25,28)/t21-/m1/s1. The van der Waals surface area contributed by atoms with E-state index in [1.807, 2.05) is 37.3 Å². The number of fused-ring (bicyclic) bond motifs is 1. The van der Waals surface area contributed by atoms with Crippen LogP contribution in [0.15, 0.2) is 47.0 Å². The summed E-state index contributed by atoms with van der Waals surface area (Å²) in [7, 11) is 1.60. The Morgan fingerprint density at radius 1 is 1.13 bits per heavy atom. The second kappa shape index (κ2) is 9.64. The third kappa shape index (κ3) is 5.05. The van der Waals surface area contributed by atoms with Crippen molar-refractivity contribution in [2.75, 3.05) is 7.11 Å². The fourth-order valence-corrected chi connectivity index (χ4v) is 3.75. The number of amides is 1. The van der Waals surface area contributed by atoms with Gasteiger partial charge >= 0.3 is 0 Å². The average Bonchev–Trinajstić information content (AvgIpc) is 3.30. The summed E-state index contributed by atoms with van der Waals surface area (Å²) in [6.45, 7) is 2.07. The highest BCUT2D eigenvalue weighted by Crippen LogP contribution is 2.26. The first-order valence-corrected chi connectivity index (χ1v) is 10.7. The summed E-state index contributed by atoms with van der Waals surface area (Å²) in [5, 5.41) is 6.82. The van der Waals surface area contributed by atoms with E-state index in [-0.39, 0.29) is 12.5 Å². The lowest BCUT2D eigenvalue weighted by molar-refractivity contribution is -0.128. The van der Waals surface area contributed by atoms with Crippen molar-refractivity contribution >= 4 is 5.91 Å². The van der Waals surface area contributed by atoms with Gasteiger partial charge in [0.2, 0.25) is 11.7 Å². The van der Waals surface area contributed by atoms with Crippen molar-refractivity contribution in [3.05, 3.63) is 59.5 Å². The number of rotatable bonds is 8. The Kier molecular flexibility index (Phi) is 6.50. The topological polar surface area (TPSA) is 86.5 Å². The van der Waals surface area contributed by atoms with Gasteiger partial charge in [0.1, 0.15) is 11.5 Å². The van der Waals surface area contributed by atoms with E-state index in [9.17, 15) is 4.79 Å². The molecule has 0 spiro atoms. The molecule has 3 aromatic rings. The molecule has 0 bridgehead atoms. The van der Waals surface area contributed by atoms with Crippen LogP contribution >= 0.6 is 0 Å². The smallest absolute Gasteiger partial charge is 0.261 e. The van der Waals surface area contributed by atoms with Gasteiger partial charge in [-0.05, 0) is 67.5 Å². The van der Waals surface area contributed by atoms with Gasteiger partial charge in [0, 0.05) is 5.56 Å². The fraction of sp³-hybridized carbons (Fsp3) is 0.375. The Bertz CT molecular complexity index is 1050. The predicted molar refractivity (Wildman–Crippen MR) is 116 cm³/mol. The van der Waals surface area contributed by atoms with Crippen LogP contribution < -0.4 is 14.8 Å². The minimum absolute atomic E-state index is 0.139. The SMILES string of the molecule is CC[C@@H](Oc1ccc2c(c1)CCCC2)C(=O)NCc1nc(-c2cccc(OC)c2)no1. The highest BCUT2D eigenvalue weighted by atomic mass is 16.5. The number of methoxy groups -OCH3 is 1. The highest BCUT2D eigenvalue weighted by Gasteiger charge is 2.20. The molecule has 1 heterocycles. The molecule has 0 unspecified atom stereocenters. The van der Waals surface area contributed by atoms with Gasteiger partial charge in [-0.15, -0.1) is 0 Å². The average molecular weight is 421 g/mol. The quantitative estimate of drug-likeness (QED) is 0.589. The molecular formula is C24H27N3O4. The molecule has 0 fully saturated rings. The number of carbonyl (C=O) groups is 1. The zero-order valence-electron chi connectivity index (χ0n) is 17.9. The first-order valence-electron chi connectivity index (χ1n) is 10.7. The van der Waals surface area contributed by atoms with Gasteiger partial charge in [-0.25, -0.2) is 0 Å². The molecule has 1 amide bonds. The van der Waals surface area contributed by atoms with E-state index < -0.39 is 6.10 Å². The summed E-state index contributed by atoms with van der Waals surface area (Å²) in [6, 6.07) is 13.5. The molecule has 4 rings (SSSR count). The van der Waals surface area contributed by atoms with E-state index in [1.54, 1.807) is 7.11 Å². The second-order valence-electron chi connectivity index (χ2n) is 7.61. The number of aryl methyl sites for hydroxylation is 2. The molecule has 1 atom stereocenters. The number of nitrogens with zero attached hydrogens (tertiary/aromatic N) is 2. The van der Waals surface area contributed by atoms with Gasteiger partial charge in [-0.3, -0.25) is 4.79 Å². The second-order valence-corrected chi connectivity index (χ2v) is 7.61. The Labute approximate surface area is 181 Å². The number of carbonyl (C=O) groups excluding carboxylic acids is 1. The van der Waals surface area contributed by atoms with E-state index in [4.69, 9.17) is 14.0 Å². The number of benzene rings is 2. The predicted octanol–water partition coefficient (Wildman–Crippen LogP) is 4.10. The fourth-order valence-electron chi connectivity index (χ4n) is 3.75.